The highest BCUT2D eigenvalue weighted by atomic mass is 16.5. The van der Waals surface area contributed by atoms with Crippen LogP contribution in [-0.4, -0.2) is 26.2 Å². The number of hydrogen-bond donors (Lipinski definition) is 0. The summed E-state index contributed by atoms with van der Waals surface area (Å²) < 4.78 is 15.6. The molecular weight excluding hydrogens is 358 g/mol. The van der Waals surface area contributed by atoms with Gasteiger partial charge in [-0.3, -0.25) is 0 Å². The largest absolute Gasteiger partial charge is 0.465 e. The lowest BCUT2D eigenvalue weighted by molar-refractivity contribution is -0.139. The van der Waals surface area contributed by atoms with Crippen LogP contribution in [0.2, 0.25) is 0 Å². The third-order valence-electron chi connectivity index (χ3n) is 3.96. The van der Waals surface area contributed by atoms with Crippen LogP contribution >= 0.6 is 0 Å². The van der Waals surface area contributed by atoms with Crippen molar-refractivity contribution >= 4 is 17.6 Å². The second kappa shape index (κ2) is 8.73. The number of carbonyl (C=O) groups excluding carboxylic acids is 2. The summed E-state index contributed by atoms with van der Waals surface area (Å²) in [6, 6.07) is 16.5. The lowest BCUT2D eigenvalue weighted by Gasteiger charge is -2.23. The molecule has 1 aliphatic rings. The number of benzene rings is 2. The van der Waals surface area contributed by atoms with Gasteiger partial charge in [-0.05, 0) is 36.4 Å². The second-order valence-electron chi connectivity index (χ2n) is 5.73. The van der Waals surface area contributed by atoms with Gasteiger partial charge in [-0.15, -0.1) is 0 Å². The number of allylic oxidation sites excluding steroid dienone is 2. The molecule has 0 atom stereocenters. The molecule has 28 heavy (non-hydrogen) atoms. The summed E-state index contributed by atoms with van der Waals surface area (Å²) in [5.74, 6) is -0.0298. The van der Waals surface area contributed by atoms with E-state index in [0.29, 0.717) is 17.2 Å². The van der Waals surface area contributed by atoms with E-state index in [-0.39, 0.29) is 11.3 Å². The molecule has 2 aromatic rings. The molecule has 0 saturated heterocycles. The van der Waals surface area contributed by atoms with Crippen molar-refractivity contribution in [2.24, 2.45) is 0 Å². The molecular formula is C22H19NO5. The lowest BCUT2D eigenvalue weighted by atomic mass is 10.1. The first-order valence-electron chi connectivity index (χ1n) is 8.52. The average molecular weight is 377 g/mol. The molecule has 1 aliphatic heterocycles. The van der Waals surface area contributed by atoms with Gasteiger partial charge in [0, 0.05) is 18.0 Å². The summed E-state index contributed by atoms with van der Waals surface area (Å²) in [6.07, 6.45) is 6.54. The van der Waals surface area contributed by atoms with Gasteiger partial charge >= 0.3 is 11.9 Å². The second-order valence-corrected chi connectivity index (χ2v) is 5.73. The van der Waals surface area contributed by atoms with Gasteiger partial charge in [0.1, 0.15) is 17.2 Å². The molecule has 0 spiro atoms. The van der Waals surface area contributed by atoms with Crippen LogP contribution in [0.4, 0.5) is 5.69 Å². The SMILES string of the molecule is COC(=O)C1=C(C(=O)OC)N(c2cccc(Oc3ccccc3)c2)C=CC=C1. The van der Waals surface area contributed by atoms with Gasteiger partial charge in [-0.2, -0.15) is 0 Å². The quantitative estimate of drug-likeness (QED) is 0.735. The van der Waals surface area contributed by atoms with Crippen LogP contribution in [0.1, 0.15) is 0 Å². The van der Waals surface area contributed by atoms with E-state index in [2.05, 4.69) is 0 Å². The molecule has 3 rings (SSSR count). The smallest absolute Gasteiger partial charge is 0.355 e. The van der Waals surface area contributed by atoms with E-state index in [1.54, 1.807) is 47.5 Å². The van der Waals surface area contributed by atoms with Crippen molar-refractivity contribution < 1.29 is 23.8 Å². The van der Waals surface area contributed by atoms with Crippen LogP contribution in [0.3, 0.4) is 0 Å². The predicted octanol–water partition coefficient (Wildman–Crippen LogP) is 3.97. The number of nitrogens with zero attached hydrogens (tertiary/aromatic N) is 1. The molecule has 0 radical (unpaired) electrons. The van der Waals surface area contributed by atoms with Gasteiger partial charge in [-0.25, -0.2) is 9.59 Å². The van der Waals surface area contributed by atoms with Crippen LogP contribution in [0.15, 0.2) is 90.3 Å². The molecule has 0 amide bonds. The third-order valence-corrected chi connectivity index (χ3v) is 3.96. The number of hydrogen-bond acceptors (Lipinski definition) is 6. The van der Waals surface area contributed by atoms with Crippen molar-refractivity contribution in [3.63, 3.8) is 0 Å². The van der Waals surface area contributed by atoms with Gasteiger partial charge in [0.2, 0.25) is 0 Å². The predicted molar refractivity (Wildman–Crippen MR) is 105 cm³/mol. The number of esters is 2. The Morgan fingerprint density at radius 1 is 0.821 bits per heavy atom. The van der Waals surface area contributed by atoms with Crippen molar-refractivity contribution in [3.8, 4) is 11.5 Å². The van der Waals surface area contributed by atoms with Crippen LogP contribution in [0.25, 0.3) is 0 Å². The summed E-state index contributed by atoms with van der Waals surface area (Å²) in [5.41, 5.74) is 0.764. The first kappa shape index (κ1) is 19.0. The van der Waals surface area contributed by atoms with Crippen LogP contribution in [0, 0.1) is 0 Å². The van der Waals surface area contributed by atoms with E-state index in [1.807, 2.05) is 30.3 Å². The summed E-state index contributed by atoms with van der Waals surface area (Å²) in [7, 11) is 2.52. The summed E-state index contributed by atoms with van der Waals surface area (Å²) in [6.45, 7) is 0. The summed E-state index contributed by atoms with van der Waals surface area (Å²) in [5, 5.41) is 0. The standard InChI is InChI=1S/C22H19NO5/c1-26-21(24)19-13-6-7-14-23(20(19)22(25)27-2)16-9-8-12-18(15-16)28-17-10-4-3-5-11-17/h3-15H,1-2H3. The summed E-state index contributed by atoms with van der Waals surface area (Å²) in [4.78, 5) is 26.3. The number of methoxy groups -OCH3 is 2. The van der Waals surface area contributed by atoms with Crippen molar-refractivity contribution in [2.75, 3.05) is 19.1 Å². The monoisotopic (exact) mass is 377 g/mol. The normalized spacial score (nSPS) is 13.1. The zero-order valence-corrected chi connectivity index (χ0v) is 15.5. The number of carbonyl (C=O) groups is 2. The third kappa shape index (κ3) is 4.12. The van der Waals surface area contributed by atoms with E-state index in [4.69, 9.17) is 14.2 Å². The molecule has 0 unspecified atom stereocenters. The van der Waals surface area contributed by atoms with Crippen molar-refractivity contribution in [3.05, 3.63) is 90.3 Å². The van der Waals surface area contributed by atoms with Gasteiger partial charge in [0.05, 0.1) is 19.8 Å². The van der Waals surface area contributed by atoms with E-state index in [1.165, 1.54) is 20.3 Å². The fraction of sp³-hybridized carbons (Fsp3) is 0.0909. The van der Waals surface area contributed by atoms with E-state index in [9.17, 15) is 9.59 Å². The fourth-order valence-electron chi connectivity index (χ4n) is 2.69. The maximum Gasteiger partial charge on any atom is 0.355 e. The molecule has 2 aromatic carbocycles. The molecule has 0 N–H and O–H groups in total. The Hall–Kier alpha value is -3.80. The van der Waals surface area contributed by atoms with E-state index >= 15 is 0 Å². The van der Waals surface area contributed by atoms with E-state index in [0.717, 1.165) is 0 Å². The molecule has 6 nitrogen and oxygen atoms in total. The molecule has 0 bridgehead atoms. The number of rotatable bonds is 5. The van der Waals surface area contributed by atoms with Crippen molar-refractivity contribution in [2.45, 2.75) is 0 Å². The zero-order valence-electron chi connectivity index (χ0n) is 15.5. The molecule has 142 valence electrons. The average Bonchev–Trinajstić information content (AvgIpc) is 2.96. The number of anilines is 1. The van der Waals surface area contributed by atoms with Gasteiger partial charge in [0.25, 0.3) is 0 Å². The Morgan fingerprint density at radius 3 is 2.25 bits per heavy atom. The molecule has 0 aromatic heterocycles. The highest BCUT2D eigenvalue weighted by Crippen LogP contribution is 2.30. The number of ether oxygens (including phenoxy) is 3. The van der Waals surface area contributed by atoms with E-state index < -0.39 is 11.9 Å². The first-order valence-corrected chi connectivity index (χ1v) is 8.52. The van der Waals surface area contributed by atoms with Crippen LogP contribution < -0.4 is 9.64 Å². The Morgan fingerprint density at radius 2 is 1.54 bits per heavy atom. The van der Waals surface area contributed by atoms with Gasteiger partial charge < -0.3 is 19.1 Å². The maximum absolute atomic E-state index is 12.5. The minimum Gasteiger partial charge on any atom is -0.465 e. The minimum absolute atomic E-state index is 0.0520. The fourth-order valence-corrected chi connectivity index (χ4v) is 2.69. The first-order chi connectivity index (χ1) is 13.6. The Balaban J connectivity index is 2.04. The molecule has 6 heteroatoms. The molecule has 0 fully saturated rings. The van der Waals surface area contributed by atoms with Crippen molar-refractivity contribution in [1.29, 1.82) is 0 Å². The Labute approximate surface area is 162 Å². The Kier molecular flexibility index (Phi) is 5.91. The van der Waals surface area contributed by atoms with Gasteiger partial charge in [-0.1, -0.05) is 30.3 Å². The topological polar surface area (TPSA) is 65.1 Å². The van der Waals surface area contributed by atoms with Crippen LogP contribution in [0.5, 0.6) is 11.5 Å². The highest BCUT2D eigenvalue weighted by molar-refractivity contribution is 6.05. The van der Waals surface area contributed by atoms with Crippen molar-refractivity contribution in [1.82, 2.24) is 0 Å². The van der Waals surface area contributed by atoms with Crippen LogP contribution in [-0.2, 0) is 19.1 Å². The molecule has 1 heterocycles. The maximum atomic E-state index is 12.5. The molecule has 0 saturated carbocycles. The molecule has 0 aliphatic carbocycles. The zero-order chi connectivity index (χ0) is 19.9. The number of para-hydroxylation sites is 1. The highest BCUT2D eigenvalue weighted by Gasteiger charge is 2.27. The summed E-state index contributed by atoms with van der Waals surface area (Å²) >= 11 is 0. The van der Waals surface area contributed by atoms with Gasteiger partial charge in [0.15, 0.2) is 0 Å². The lowest BCUT2D eigenvalue weighted by Crippen LogP contribution is -2.26. The Bertz CT molecular complexity index is 960. The minimum atomic E-state index is -0.661.